The van der Waals surface area contributed by atoms with Crippen LogP contribution in [-0.4, -0.2) is 60.5 Å². The van der Waals surface area contributed by atoms with Gasteiger partial charge >= 0.3 is 6.09 Å². The van der Waals surface area contributed by atoms with Gasteiger partial charge in [0.15, 0.2) is 0 Å². The summed E-state index contributed by atoms with van der Waals surface area (Å²) in [6.45, 7) is 6.44. The molecule has 0 spiro atoms. The van der Waals surface area contributed by atoms with Crippen LogP contribution in [0.1, 0.15) is 52.9 Å². The first-order valence-electron chi connectivity index (χ1n) is 10.4. The van der Waals surface area contributed by atoms with Crippen molar-refractivity contribution < 1.29 is 24.3 Å². The van der Waals surface area contributed by atoms with E-state index in [2.05, 4.69) is 21.3 Å². The molecule has 1 saturated heterocycles. The summed E-state index contributed by atoms with van der Waals surface area (Å²) in [5.41, 5.74) is -0.582. The summed E-state index contributed by atoms with van der Waals surface area (Å²) in [6.07, 6.45) is 3.73. The van der Waals surface area contributed by atoms with Crippen molar-refractivity contribution in [3.8, 4) is 0 Å². The van der Waals surface area contributed by atoms with E-state index in [9.17, 15) is 19.2 Å². The van der Waals surface area contributed by atoms with Gasteiger partial charge in [0.05, 0.1) is 6.04 Å². The van der Waals surface area contributed by atoms with E-state index in [1.54, 1.807) is 20.8 Å². The molecule has 0 radical (unpaired) electrons. The minimum atomic E-state index is -1.24. The first kappa shape index (κ1) is 23.1. The van der Waals surface area contributed by atoms with E-state index in [1.165, 1.54) is 0 Å². The number of aldehydes is 1. The Balaban J connectivity index is 1.94. The number of carboxylic acid groups (broad SMARTS) is 1. The lowest BCUT2D eigenvalue weighted by atomic mass is 9.86. The molecular formula is C20H34N4O5. The maximum atomic E-state index is 12.8. The van der Waals surface area contributed by atoms with E-state index in [-0.39, 0.29) is 23.8 Å². The van der Waals surface area contributed by atoms with Crippen molar-refractivity contribution in [1.82, 2.24) is 21.3 Å². The zero-order valence-electron chi connectivity index (χ0n) is 17.5. The van der Waals surface area contributed by atoms with Crippen molar-refractivity contribution in [3.05, 3.63) is 0 Å². The molecule has 3 amide bonds. The number of nitrogens with one attached hydrogen (secondary N) is 4. The predicted octanol–water partition coefficient (Wildman–Crippen LogP) is 0.637. The van der Waals surface area contributed by atoms with E-state index in [1.807, 2.05) is 0 Å². The number of carbonyl (C=O) groups is 4. The van der Waals surface area contributed by atoms with E-state index in [4.69, 9.17) is 5.11 Å². The molecule has 2 fully saturated rings. The molecule has 0 aromatic heterocycles. The number of hydrogen-bond acceptors (Lipinski definition) is 5. The second-order valence-corrected chi connectivity index (χ2v) is 9.30. The molecule has 5 N–H and O–H groups in total. The van der Waals surface area contributed by atoms with Gasteiger partial charge in [-0.1, -0.05) is 33.6 Å². The molecule has 1 heterocycles. The van der Waals surface area contributed by atoms with Crippen LogP contribution in [0, 0.1) is 17.3 Å². The lowest BCUT2D eigenvalue weighted by molar-refractivity contribution is -0.126. The Kier molecular flexibility index (Phi) is 8.01. The molecule has 4 atom stereocenters. The summed E-state index contributed by atoms with van der Waals surface area (Å²) >= 11 is 0. The quantitative estimate of drug-likeness (QED) is 0.317. The zero-order valence-corrected chi connectivity index (χ0v) is 17.5. The Morgan fingerprint density at radius 1 is 1.21 bits per heavy atom. The molecule has 164 valence electrons. The predicted molar refractivity (Wildman–Crippen MR) is 107 cm³/mol. The highest BCUT2D eigenvalue weighted by atomic mass is 16.4. The van der Waals surface area contributed by atoms with Gasteiger partial charge in [0, 0.05) is 25.0 Å². The summed E-state index contributed by atoms with van der Waals surface area (Å²) in [6, 6.07) is -1.56. The molecule has 1 aliphatic carbocycles. The lowest BCUT2D eigenvalue weighted by Crippen LogP contribution is -2.57. The largest absolute Gasteiger partial charge is 0.465 e. The van der Waals surface area contributed by atoms with Crippen LogP contribution < -0.4 is 21.3 Å². The fraction of sp³-hybridized carbons (Fsp3) is 0.800. The molecular weight excluding hydrogens is 376 g/mol. The average molecular weight is 411 g/mol. The van der Waals surface area contributed by atoms with Gasteiger partial charge in [-0.05, 0) is 30.6 Å². The average Bonchev–Trinajstić information content (AvgIpc) is 3.35. The van der Waals surface area contributed by atoms with E-state index in [0.29, 0.717) is 25.4 Å². The standard InChI is InChI=1S/C20H34N4O5/c1-20(2,3)16(24-19(28)29)18(27)23-14(8-12-4-5-12)10-22-15(11-25)9-13-6-7-21-17(13)26/h11-16,22,24H,4-10H2,1-3H3,(H,21,26)(H,23,27)(H,28,29)/t13-,14?,15?,16?/m0/s1. The Hall–Kier alpha value is -2.16. The fourth-order valence-electron chi connectivity index (χ4n) is 3.69. The molecule has 0 bridgehead atoms. The maximum Gasteiger partial charge on any atom is 0.405 e. The second kappa shape index (κ2) is 10.0. The summed E-state index contributed by atoms with van der Waals surface area (Å²) < 4.78 is 0. The number of amides is 3. The summed E-state index contributed by atoms with van der Waals surface area (Å²) in [7, 11) is 0. The van der Waals surface area contributed by atoms with Crippen LogP contribution in [0.4, 0.5) is 4.79 Å². The monoisotopic (exact) mass is 410 g/mol. The minimum absolute atomic E-state index is 0.0192. The van der Waals surface area contributed by atoms with Crippen LogP contribution in [0.15, 0.2) is 0 Å². The van der Waals surface area contributed by atoms with Gasteiger partial charge in [-0.3, -0.25) is 9.59 Å². The van der Waals surface area contributed by atoms with E-state index < -0.39 is 23.6 Å². The first-order valence-corrected chi connectivity index (χ1v) is 10.4. The van der Waals surface area contributed by atoms with Crippen molar-refractivity contribution >= 4 is 24.2 Å². The number of carbonyl (C=O) groups excluding carboxylic acids is 3. The van der Waals surface area contributed by atoms with Gasteiger partial charge in [0.2, 0.25) is 11.8 Å². The molecule has 1 aliphatic heterocycles. The van der Waals surface area contributed by atoms with Gasteiger partial charge < -0.3 is 31.2 Å². The Labute approximate surface area is 171 Å². The highest BCUT2D eigenvalue weighted by molar-refractivity contribution is 5.86. The molecule has 2 rings (SSSR count). The first-order chi connectivity index (χ1) is 13.6. The van der Waals surface area contributed by atoms with Crippen molar-refractivity contribution in [2.24, 2.45) is 17.3 Å². The highest BCUT2D eigenvalue weighted by Gasteiger charge is 2.35. The Bertz CT molecular complexity index is 614. The summed E-state index contributed by atoms with van der Waals surface area (Å²) in [4.78, 5) is 47.1. The van der Waals surface area contributed by atoms with Gasteiger partial charge in [-0.15, -0.1) is 0 Å². The molecule has 3 unspecified atom stereocenters. The third kappa shape index (κ3) is 7.64. The van der Waals surface area contributed by atoms with Crippen molar-refractivity contribution in [2.45, 2.75) is 71.0 Å². The summed E-state index contributed by atoms with van der Waals surface area (Å²) in [5, 5.41) is 20.3. The smallest absolute Gasteiger partial charge is 0.405 e. The van der Waals surface area contributed by atoms with Crippen LogP contribution in [0.2, 0.25) is 0 Å². The second-order valence-electron chi connectivity index (χ2n) is 9.30. The van der Waals surface area contributed by atoms with E-state index >= 15 is 0 Å². The minimum Gasteiger partial charge on any atom is -0.465 e. The van der Waals surface area contributed by atoms with Crippen LogP contribution in [0.3, 0.4) is 0 Å². The van der Waals surface area contributed by atoms with Crippen LogP contribution in [0.25, 0.3) is 0 Å². The molecule has 0 aromatic carbocycles. The SMILES string of the molecule is CC(C)(C)C(NC(=O)O)C(=O)NC(CNC(C=O)C[C@@H]1CCNC1=O)CC1CC1. The topological polar surface area (TPSA) is 137 Å². The Morgan fingerprint density at radius 3 is 2.38 bits per heavy atom. The van der Waals surface area contributed by atoms with Gasteiger partial charge in [-0.2, -0.15) is 0 Å². The zero-order chi connectivity index (χ0) is 21.6. The van der Waals surface area contributed by atoms with Crippen LogP contribution >= 0.6 is 0 Å². The molecule has 9 heteroatoms. The Morgan fingerprint density at radius 2 is 1.90 bits per heavy atom. The molecule has 0 aromatic rings. The molecule has 29 heavy (non-hydrogen) atoms. The van der Waals surface area contributed by atoms with Crippen molar-refractivity contribution in [2.75, 3.05) is 13.1 Å². The molecule has 1 saturated carbocycles. The molecule has 9 nitrogen and oxygen atoms in total. The van der Waals surface area contributed by atoms with Crippen molar-refractivity contribution in [3.63, 3.8) is 0 Å². The third-order valence-corrected chi connectivity index (χ3v) is 5.55. The maximum absolute atomic E-state index is 12.8. The fourth-order valence-corrected chi connectivity index (χ4v) is 3.69. The van der Waals surface area contributed by atoms with Crippen LogP contribution in [-0.2, 0) is 14.4 Å². The van der Waals surface area contributed by atoms with Gasteiger partial charge in [-0.25, -0.2) is 4.79 Å². The number of rotatable bonds is 11. The van der Waals surface area contributed by atoms with Crippen molar-refractivity contribution in [1.29, 1.82) is 0 Å². The van der Waals surface area contributed by atoms with Crippen LogP contribution in [0.5, 0.6) is 0 Å². The van der Waals surface area contributed by atoms with Gasteiger partial charge in [0.1, 0.15) is 12.3 Å². The third-order valence-electron chi connectivity index (χ3n) is 5.55. The lowest BCUT2D eigenvalue weighted by Gasteiger charge is -2.31. The normalized spacial score (nSPS) is 22.3. The molecule has 2 aliphatic rings. The highest BCUT2D eigenvalue weighted by Crippen LogP contribution is 2.33. The number of hydrogen-bond donors (Lipinski definition) is 5. The van der Waals surface area contributed by atoms with Gasteiger partial charge in [0.25, 0.3) is 0 Å². The van der Waals surface area contributed by atoms with E-state index in [0.717, 1.165) is 32.0 Å². The summed E-state index contributed by atoms with van der Waals surface area (Å²) in [5.74, 6) is -0.0171.